The van der Waals surface area contributed by atoms with E-state index in [1.807, 2.05) is 6.07 Å². The van der Waals surface area contributed by atoms with Crippen molar-refractivity contribution in [2.24, 2.45) is 0 Å². The van der Waals surface area contributed by atoms with Gasteiger partial charge in [-0.3, -0.25) is 0 Å². The molecule has 1 saturated heterocycles. The van der Waals surface area contributed by atoms with Crippen molar-refractivity contribution in [1.82, 2.24) is 4.90 Å². The quantitative estimate of drug-likeness (QED) is 0.614. The predicted octanol–water partition coefficient (Wildman–Crippen LogP) is 3.14. The maximum atomic E-state index is 5.25. The lowest BCUT2D eigenvalue weighted by Gasteiger charge is -2.29. The van der Waals surface area contributed by atoms with Crippen molar-refractivity contribution in [3.63, 3.8) is 0 Å². The molecule has 3 heteroatoms. The Kier molecular flexibility index (Phi) is 5.10. The number of halogens is 1. The van der Waals surface area contributed by atoms with Gasteiger partial charge in [0.2, 0.25) is 0 Å². The van der Waals surface area contributed by atoms with Gasteiger partial charge in [-0.1, -0.05) is 34.7 Å². The molecule has 1 aliphatic heterocycles. The van der Waals surface area contributed by atoms with E-state index in [0.29, 0.717) is 0 Å². The molecule has 0 N–H and O–H groups in total. The Morgan fingerprint density at radius 3 is 2.82 bits per heavy atom. The molecule has 1 heterocycles. The summed E-state index contributed by atoms with van der Waals surface area (Å²) in [6.07, 6.45) is 3.82. The van der Waals surface area contributed by atoms with E-state index in [9.17, 15) is 0 Å². The Morgan fingerprint density at radius 1 is 1.35 bits per heavy atom. The number of ether oxygens (including phenoxy) is 1. The number of piperidine rings is 1. The molecule has 1 aromatic carbocycles. The largest absolute Gasteiger partial charge is 0.497 e. The summed E-state index contributed by atoms with van der Waals surface area (Å²) in [5.74, 6) is 0.966. The monoisotopic (exact) mass is 345 g/mol. The average Bonchev–Trinajstić information content (AvgIpc) is 2.38. The molecule has 2 rings (SSSR count). The molecule has 1 aromatic rings. The van der Waals surface area contributed by atoms with Gasteiger partial charge in [-0.25, -0.2) is 0 Å². The lowest BCUT2D eigenvalue weighted by molar-refractivity contribution is 0.238. The summed E-state index contributed by atoms with van der Waals surface area (Å²) < 4.78 is 6.14. The van der Waals surface area contributed by atoms with Gasteiger partial charge >= 0.3 is 0 Å². The number of hydrogen-bond acceptors (Lipinski definition) is 2. The second-order valence-corrected chi connectivity index (χ2v) is 6.38. The minimum atomic E-state index is 0.890. The summed E-state index contributed by atoms with van der Waals surface area (Å²) >= 11 is 2.57. The van der Waals surface area contributed by atoms with Crippen LogP contribution >= 0.6 is 22.6 Å². The van der Waals surface area contributed by atoms with Crippen molar-refractivity contribution in [3.05, 3.63) is 29.8 Å². The molecule has 0 radical (unpaired) electrons. The van der Waals surface area contributed by atoms with Crippen LogP contribution in [0.25, 0.3) is 0 Å². The first kappa shape index (κ1) is 13.1. The molecule has 0 aliphatic carbocycles. The molecule has 0 bridgehead atoms. The molecule has 0 amide bonds. The molecule has 0 spiro atoms. The van der Waals surface area contributed by atoms with Crippen LogP contribution in [0, 0.1) is 0 Å². The zero-order valence-corrected chi connectivity index (χ0v) is 12.5. The Labute approximate surface area is 117 Å². The number of hydrogen-bond donors (Lipinski definition) is 0. The van der Waals surface area contributed by atoms with Gasteiger partial charge in [-0.2, -0.15) is 0 Å². The fourth-order valence-corrected chi connectivity index (χ4v) is 2.80. The number of alkyl halides is 1. The molecule has 0 unspecified atom stereocenters. The van der Waals surface area contributed by atoms with E-state index in [1.54, 1.807) is 7.11 Å². The fourth-order valence-electron chi connectivity index (χ4n) is 2.24. The normalized spacial score (nSPS) is 18.2. The van der Waals surface area contributed by atoms with E-state index in [1.165, 1.54) is 38.0 Å². The Bertz CT molecular complexity index is 348. The minimum Gasteiger partial charge on any atom is -0.497 e. The van der Waals surface area contributed by atoms with Gasteiger partial charge in [-0.15, -0.1) is 0 Å². The molecule has 0 aromatic heterocycles. The van der Waals surface area contributed by atoms with Crippen molar-refractivity contribution in [3.8, 4) is 5.75 Å². The van der Waals surface area contributed by atoms with Crippen LogP contribution in [0.4, 0.5) is 0 Å². The highest BCUT2D eigenvalue weighted by atomic mass is 127. The van der Waals surface area contributed by atoms with E-state index >= 15 is 0 Å². The summed E-state index contributed by atoms with van der Waals surface area (Å²) in [7, 11) is 1.73. The Hall–Kier alpha value is -0.290. The average molecular weight is 345 g/mol. The molecular formula is C14H20INO. The first-order valence-corrected chi connectivity index (χ1v) is 7.52. The molecule has 2 nitrogen and oxygen atoms in total. The third kappa shape index (κ3) is 4.14. The third-order valence-electron chi connectivity index (χ3n) is 3.37. The summed E-state index contributed by atoms with van der Waals surface area (Å²) in [5.41, 5.74) is 1.38. The zero-order chi connectivity index (χ0) is 12.1. The topological polar surface area (TPSA) is 12.5 Å². The number of likely N-dealkylation sites (tertiary alicyclic amines) is 1. The van der Waals surface area contributed by atoms with E-state index in [0.717, 1.165) is 16.1 Å². The van der Waals surface area contributed by atoms with Crippen LogP contribution in [0.5, 0.6) is 5.75 Å². The van der Waals surface area contributed by atoms with Crippen LogP contribution in [-0.4, -0.2) is 35.6 Å². The third-order valence-corrected chi connectivity index (χ3v) is 4.61. The minimum absolute atomic E-state index is 0.890. The van der Waals surface area contributed by atoms with Crippen molar-refractivity contribution in [2.45, 2.75) is 23.2 Å². The van der Waals surface area contributed by atoms with Gasteiger partial charge in [0.1, 0.15) is 5.75 Å². The summed E-state index contributed by atoms with van der Waals surface area (Å²) in [4.78, 5) is 2.58. The van der Waals surface area contributed by atoms with Crippen LogP contribution < -0.4 is 4.74 Å². The van der Waals surface area contributed by atoms with Gasteiger partial charge in [0.15, 0.2) is 0 Å². The SMILES string of the molecule is COc1cccc(CCN2CCC(I)CC2)c1. The van der Waals surface area contributed by atoms with Crippen molar-refractivity contribution >= 4 is 22.6 Å². The van der Waals surface area contributed by atoms with E-state index in [-0.39, 0.29) is 0 Å². The van der Waals surface area contributed by atoms with Gasteiger partial charge in [0, 0.05) is 10.5 Å². The number of rotatable bonds is 4. The predicted molar refractivity (Wildman–Crippen MR) is 80.2 cm³/mol. The molecule has 1 fully saturated rings. The first-order chi connectivity index (χ1) is 8.28. The Balaban J connectivity index is 1.81. The van der Waals surface area contributed by atoms with Gasteiger partial charge in [-0.05, 0) is 50.0 Å². The van der Waals surface area contributed by atoms with Crippen LogP contribution in [0.3, 0.4) is 0 Å². The molecule has 0 atom stereocenters. The lowest BCUT2D eigenvalue weighted by Crippen LogP contribution is -2.35. The molecular weight excluding hydrogens is 325 g/mol. The highest BCUT2D eigenvalue weighted by Gasteiger charge is 2.16. The second kappa shape index (κ2) is 6.59. The van der Waals surface area contributed by atoms with Crippen LogP contribution in [-0.2, 0) is 6.42 Å². The number of nitrogens with zero attached hydrogens (tertiary/aromatic N) is 1. The van der Waals surface area contributed by atoms with E-state index in [2.05, 4.69) is 45.7 Å². The second-order valence-electron chi connectivity index (χ2n) is 4.62. The first-order valence-electron chi connectivity index (χ1n) is 6.27. The maximum absolute atomic E-state index is 5.25. The Morgan fingerprint density at radius 2 is 2.12 bits per heavy atom. The molecule has 1 aliphatic rings. The number of benzene rings is 1. The molecule has 0 saturated carbocycles. The van der Waals surface area contributed by atoms with Crippen LogP contribution in [0.1, 0.15) is 18.4 Å². The van der Waals surface area contributed by atoms with E-state index in [4.69, 9.17) is 4.74 Å². The standard InChI is InChI=1S/C14H20INO/c1-17-14-4-2-3-12(11-14)5-8-16-9-6-13(15)7-10-16/h2-4,11,13H,5-10H2,1H3. The maximum Gasteiger partial charge on any atom is 0.119 e. The molecule has 94 valence electrons. The summed E-state index contributed by atoms with van der Waals surface area (Å²) in [6.45, 7) is 3.70. The van der Waals surface area contributed by atoms with Crippen molar-refractivity contribution in [1.29, 1.82) is 0 Å². The number of methoxy groups -OCH3 is 1. The van der Waals surface area contributed by atoms with Crippen molar-refractivity contribution in [2.75, 3.05) is 26.7 Å². The van der Waals surface area contributed by atoms with Gasteiger partial charge < -0.3 is 9.64 Å². The highest BCUT2D eigenvalue weighted by Crippen LogP contribution is 2.19. The zero-order valence-electron chi connectivity index (χ0n) is 10.4. The van der Waals surface area contributed by atoms with E-state index < -0.39 is 0 Å². The molecule has 17 heavy (non-hydrogen) atoms. The van der Waals surface area contributed by atoms with Crippen LogP contribution in [0.2, 0.25) is 0 Å². The smallest absolute Gasteiger partial charge is 0.119 e. The summed E-state index contributed by atoms with van der Waals surface area (Å²) in [6, 6.07) is 8.41. The fraction of sp³-hybridized carbons (Fsp3) is 0.571. The van der Waals surface area contributed by atoms with Gasteiger partial charge in [0.25, 0.3) is 0 Å². The van der Waals surface area contributed by atoms with Crippen LogP contribution in [0.15, 0.2) is 24.3 Å². The lowest BCUT2D eigenvalue weighted by atomic mass is 10.1. The summed E-state index contributed by atoms with van der Waals surface area (Å²) in [5, 5.41) is 0. The van der Waals surface area contributed by atoms with Crippen molar-refractivity contribution < 1.29 is 4.74 Å². The van der Waals surface area contributed by atoms with Gasteiger partial charge in [0.05, 0.1) is 7.11 Å². The highest BCUT2D eigenvalue weighted by molar-refractivity contribution is 14.1.